The van der Waals surface area contributed by atoms with Crippen LogP contribution in [0.5, 0.6) is 0 Å². The number of thiophene rings is 1. The first-order valence-electron chi connectivity index (χ1n) is 5.40. The molecule has 1 aromatic carbocycles. The van der Waals surface area contributed by atoms with Gasteiger partial charge in [-0.15, -0.1) is 0 Å². The van der Waals surface area contributed by atoms with E-state index in [4.69, 9.17) is 0 Å². The lowest BCUT2D eigenvalue weighted by Crippen LogP contribution is -2.30. The molecule has 1 atom stereocenters. The number of amides is 2. The van der Waals surface area contributed by atoms with Gasteiger partial charge in [0.25, 0.3) is 0 Å². The van der Waals surface area contributed by atoms with Crippen molar-refractivity contribution in [3.05, 3.63) is 52.7 Å². The van der Waals surface area contributed by atoms with E-state index in [1.54, 1.807) is 11.3 Å². The zero-order chi connectivity index (χ0) is 12.1. The predicted octanol–water partition coefficient (Wildman–Crippen LogP) is 3.63. The number of urea groups is 1. The smallest absolute Gasteiger partial charge is 0.319 e. The Morgan fingerprint density at radius 3 is 2.65 bits per heavy atom. The molecule has 2 aromatic rings. The van der Waals surface area contributed by atoms with Crippen molar-refractivity contribution in [2.45, 2.75) is 13.0 Å². The zero-order valence-electron chi connectivity index (χ0n) is 9.51. The molecule has 88 valence electrons. The Kier molecular flexibility index (Phi) is 3.77. The second-order valence-corrected chi connectivity index (χ2v) is 4.52. The zero-order valence-corrected chi connectivity index (χ0v) is 10.3. The van der Waals surface area contributed by atoms with E-state index in [0.717, 1.165) is 11.3 Å². The monoisotopic (exact) mass is 246 g/mol. The molecule has 1 unspecified atom stereocenters. The number of carbonyl (C=O) groups excluding carboxylic acids is 1. The van der Waals surface area contributed by atoms with Crippen LogP contribution in [-0.2, 0) is 0 Å². The van der Waals surface area contributed by atoms with Crippen molar-refractivity contribution < 1.29 is 4.79 Å². The summed E-state index contributed by atoms with van der Waals surface area (Å²) in [5, 5.41) is 9.71. The number of rotatable bonds is 3. The summed E-state index contributed by atoms with van der Waals surface area (Å²) < 4.78 is 0. The van der Waals surface area contributed by atoms with Crippen molar-refractivity contribution >= 4 is 23.1 Å². The molecule has 4 heteroatoms. The van der Waals surface area contributed by atoms with E-state index < -0.39 is 0 Å². The molecule has 0 bridgehead atoms. The minimum atomic E-state index is -0.185. The van der Waals surface area contributed by atoms with Crippen LogP contribution in [0.4, 0.5) is 10.5 Å². The largest absolute Gasteiger partial charge is 0.331 e. The Morgan fingerprint density at radius 2 is 2.00 bits per heavy atom. The van der Waals surface area contributed by atoms with Gasteiger partial charge in [-0.1, -0.05) is 18.2 Å². The van der Waals surface area contributed by atoms with Crippen molar-refractivity contribution in [2.75, 3.05) is 5.32 Å². The van der Waals surface area contributed by atoms with Crippen LogP contribution in [0, 0.1) is 0 Å². The maximum atomic E-state index is 11.7. The van der Waals surface area contributed by atoms with Gasteiger partial charge in [0.1, 0.15) is 0 Å². The van der Waals surface area contributed by atoms with Crippen molar-refractivity contribution in [3.8, 4) is 0 Å². The van der Waals surface area contributed by atoms with Crippen LogP contribution in [0.25, 0.3) is 0 Å². The topological polar surface area (TPSA) is 41.1 Å². The number of anilines is 1. The minimum Gasteiger partial charge on any atom is -0.331 e. The van der Waals surface area contributed by atoms with Gasteiger partial charge in [-0.2, -0.15) is 11.3 Å². The normalized spacial score (nSPS) is 11.8. The quantitative estimate of drug-likeness (QED) is 0.853. The maximum absolute atomic E-state index is 11.7. The van der Waals surface area contributed by atoms with Gasteiger partial charge in [0.15, 0.2) is 0 Å². The molecule has 0 aliphatic rings. The maximum Gasteiger partial charge on any atom is 0.319 e. The second-order valence-electron chi connectivity index (χ2n) is 3.74. The first-order chi connectivity index (χ1) is 8.25. The Bertz CT molecular complexity index is 467. The van der Waals surface area contributed by atoms with E-state index in [-0.39, 0.29) is 12.1 Å². The molecule has 0 radical (unpaired) electrons. The minimum absolute atomic E-state index is 0.0185. The third-order valence-corrected chi connectivity index (χ3v) is 3.12. The first kappa shape index (κ1) is 11.7. The highest BCUT2D eigenvalue weighted by atomic mass is 32.1. The highest BCUT2D eigenvalue weighted by Gasteiger charge is 2.09. The molecule has 0 saturated carbocycles. The summed E-state index contributed by atoms with van der Waals surface area (Å²) in [4.78, 5) is 11.7. The van der Waals surface area contributed by atoms with E-state index in [1.807, 2.05) is 54.1 Å². The molecular weight excluding hydrogens is 232 g/mol. The molecule has 0 fully saturated rings. The Hall–Kier alpha value is -1.81. The molecule has 2 rings (SSSR count). The van der Waals surface area contributed by atoms with Crippen LogP contribution in [-0.4, -0.2) is 6.03 Å². The van der Waals surface area contributed by atoms with Crippen LogP contribution >= 0.6 is 11.3 Å². The summed E-state index contributed by atoms with van der Waals surface area (Å²) in [5.41, 5.74) is 1.92. The fourth-order valence-electron chi connectivity index (χ4n) is 1.49. The van der Waals surface area contributed by atoms with E-state index >= 15 is 0 Å². The third-order valence-electron chi connectivity index (χ3n) is 2.42. The SMILES string of the molecule is CC(NC(=O)Nc1ccccc1)c1ccsc1. The van der Waals surface area contributed by atoms with Gasteiger partial charge in [0.05, 0.1) is 6.04 Å². The standard InChI is InChI=1S/C13H14N2OS/c1-10(11-7-8-17-9-11)14-13(16)15-12-5-3-2-4-6-12/h2-10H,1H3,(H2,14,15,16). The van der Waals surface area contributed by atoms with Crippen molar-refractivity contribution in [1.29, 1.82) is 0 Å². The lowest BCUT2D eigenvalue weighted by molar-refractivity contribution is 0.249. The molecule has 2 N–H and O–H groups in total. The fraction of sp³-hybridized carbons (Fsp3) is 0.154. The molecule has 0 spiro atoms. The van der Waals surface area contributed by atoms with Gasteiger partial charge in [0.2, 0.25) is 0 Å². The van der Waals surface area contributed by atoms with Crippen LogP contribution in [0.2, 0.25) is 0 Å². The van der Waals surface area contributed by atoms with Crippen molar-refractivity contribution in [2.24, 2.45) is 0 Å². The molecule has 17 heavy (non-hydrogen) atoms. The van der Waals surface area contributed by atoms with Crippen LogP contribution in [0.1, 0.15) is 18.5 Å². The number of nitrogens with one attached hydrogen (secondary N) is 2. The van der Waals surface area contributed by atoms with Gasteiger partial charge in [-0.3, -0.25) is 0 Å². The molecule has 0 aliphatic heterocycles. The van der Waals surface area contributed by atoms with Crippen LogP contribution in [0.3, 0.4) is 0 Å². The Labute approximate surface area is 104 Å². The molecule has 0 saturated heterocycles. The summed E-state index contributed by atoms with van der Waals surface area (Å²) in [6, 6.07) is 11.2. The molecule has 3 nitrogen and oxygen atoms in total. The summed E-state index contributed by atoms with van der Waals surface area (Å²) in [5.74, 6) is 0. The number of hydrogen-bond donors (Lipinski definition) is 2. The third kappa shape index (κ3) is 3.32. The molecule has 1 heterocycles. The van der Waals surface area contributed by atoms with Gasteiger partial charge in [-0.05, 0) is 41.4 Å². The fourth-order valence-corrected chi connectivity index (χ4v) is 2.24. The average molecular weight is 246 g/mol. The number of benzene rings is 1. The summed E-state index contributed by atoms with van der Waals surface area (Å²) >= 11 is 1.63. The molecule has 1 aromatic heterocycles. The van der Waals surface area contributed by atoms with E-state index in [1.165, 1.54) is 0 Å². The van der Waals surface area contributed by atoms with Gasteiger partial charge in [0, 0.05) is 5.69 Å². The highest BCUT2D eigenvalue weighted by Crippen LogP contribution is 2.15. The Balaban J connectivity index is 1.90. The summed E-state index contributed by atoms with van der Waals surface area (Å²) in [6.07, 6.45) is 0. The Morgan fingerprint density at radius 1 is 1.24 bits per heavy atom. The van der Waals surface area contributed by atoms with Crippen LogP contribution in [0.15, 0.2) is 47.2 Å². The van der Waals surface area contributed by atoms with E-state index in [9.17, 15) is 4.79 Å². The number of carbonyl (C=O) groups is 1. The molecule has 0 aliphatic carbocycles. The first-order valence-corrected chi connectivity index (χ1v) is 6.34. The molecular formula is C13H14N2OS. The summed E-state index contributed by atoms with van der Waals surface area (Å²) in [6.45, 7) is 1.96. The van der Waals surface area contributed by atoms with Gasteiger partial charge < -0.3 is 10.6 Å². The number of para-hydroxylation sites is 1. The predicted molar refractivity (Wildman–Crippen MR) is 71.3 cm³/mol. The second kappa shape index (κ2) is 5.50. The van der Waals surface area contributed by atoms with Gasteiger partial charge >= 0.3 is 6.03 Å². The van der Waals surface area contributed by atoms with E-state index in [0.29, 0.717) is 0 Å². The van der Waals surface area contributed by atoms with Crippen molar-refractivity contribution in [1.82, 2.24) is 5.32 Å². The van der Waals surface area contributed by atoms with Crippen molar-refractivity contribution in [3.63, 3.8) is 0 Å². The lowest BCUT2D eigenvalue weighted by atomic mass is 10.2. The number of hydrogen-bond acceptors (Lipinski definition) is 2. The lowest BCUT2D eigenvalue weighted by Gasteiger charge is -2.13. The molecule has 2 amide bonds. The van der Waals surface area contributed by atoms with E-state index in [2.05, 4.69) is 10.6 Å². The summed E-state index contributed by atoms with van der Waals surface area (Å²) in [7, 11) is 0. The van der Waals surface area contributed by atoms with Crippen LogP contribution < -0.4 is 10.6 Å². The average Bonchev–Trinajstić information content (AvgIpc) is 2.83. The highest BCUT2D eigenvalue weighted by molar-refractivity contribution is 7.07. The van der Waals surface area contributed by atoms with Gasteiger partial charge in [-0.25, -0.2) is 4.79 Å².